The second-order valence-electron chi connectivity index (χ2n) is 6.60. The van der Waals surface area contributed by atoms with Crippen LogP contribution in [0.1, 0.15) is 23.0 Å². The van der Waals surface area contributed by atoms with Gasteiger partial charge in [-0.05, 0) is 30.7 Å². The molecule has 0 fully saturated rings. The van der Waals surface area contributed by atoms with Crippen molar-refractivity contribution in [2.45, 2.75) is 29.5 Å². The number of carbonyl (C=O) groups excluding carboxylic acids is 1. The Hall–Kier alpha value is -2.72. The van der Waals surface area contributed by atoms with Crippen molar-refractivity contribution in [1.82, 2.24) is 14.9 Å². The molecule has 0 bridgehead atoms. The summed E-state index contributed by atoms with van der Waals surface area (Å²) in [7, 11) is 0. The molecule has 2 atom stereocenters. The highest BCUT2D eigenvalue weighted by molar-refractivity contribution is 8.00. The molecule has 2 heterocycles. The van der Waals surface area contributed by atoms with E-state index in [2.05, 4.69) is 20.9 Å². The number of alkyl halides is 3. The number of nitrogens with one attached hydrogen (secondary N) is 2. The average molecular weight is 454 g/mol. The molecule has 4 rings (SSSR count). The van der Waals surface area contributed by atoms with Crippen molar-refractivity contribution in [1.29, 1.82) is 0 Å². The van der Waals surface area contributed by atoms with Crippen LogP contribution in [-0.4, -0.2) is 26.0 Å². The van der Waals surface area contributed by atoms with Crippen molar-refractivity contribution in [2.24, 2.45) is 0 Å². The molecule has 11 heteroatoms. The lowest BCUT2D eigenvalue weighted by Crippen LogP contribution is -2.41. The van der Waals surface area contributed by atoms with Gasteiger partial charge in [0.15, 0.2) is 0 Å². The Kier molecular flexibility index (Phi) is 5.37. The minimum Gasteiger partial charge on any atom is -0.324 e. The summed E-state index contributed by atoms with van der Waals surface area (Å²) in [6.45, 7) is 1.77. The van der Waals surface area contributed by atoms with Crippen LogP contribution in [0.4, 0.5) is 18.9 Å². The maximum absolute atomic E-state index is 13.1. The third-order valence-corrected chi connectivity index (χ3v) is 6.11. The highest BCUT2D eigenvalue weighted by Gasteiger charge is 2.38. The number of hydrogen-bond donors (Lipinski definition) is 2. The van der Waals surface area contributed by atoms with Crippen LogP contribution in [0.2, 0.25) is 5.02 Å². The van der Waals surface area contributed by atoms with Crippen LogP contribution in [0.3, 0.4) is 0 Å². The maximum Gasteiger partial charge on any atom is 0.416 e. The van der Waals surface area contributed by atoms with E-state index in [1.807, 2.05) is 30.3 Å². The van der Waals surface area contributed by atoms with Gasteiger partial charge in [-0.2, -0.15) is 13.2 Å². The smallest absolute Gasteiger partial charge is 0.324 e. The molecule has 30 heavy (non-hydrogen) atoms. The second kappa shape index (κ2) is 7.84. The highest BCUT2D eigenvalue weighted by atomic mass is 35.5. The van der Waals surface area contributed by atoms with Gasteiger partial charge in [-0.1, -0.05) is 53.7 Å². The van der Waals surface area contributed by atoms with Crippen molar-refractivity contribution >= 4 is 35.0 Å². The molecular formula is C19H15ClF3N5OS. The Morgan fingerprint density at radius 1 is 1.20 bits per heavy atom. The molecule has 0 aliphatic carbocycles. The monoisotopic (exact) mass is 453 g/mol. The van der Waals surface area contributed by atoms with Gasteiger partial charge in [-0.25, -0.2) is 4.68 Å². The second-order valence-corrected chi connectivity index (χ2v) is 8.12. The van der Waals surface area contributed by atoms with E-state index in [1.165, 1.54) is 11.8 Å². The first-order chi connectivity index (χ1) is 14.2. The Morgan fingerprint density at radius 3 is 2.63 bits per heavy atom. The van der Waals surface area contributed by atoms with E-state index in [1.54, 1.807) is 11.6 Å². The summed E-state index contributed by atoms with van der Waals surface area (Å²) in [4.78, 5) is 13.1. The van der Waals surface area contributed by atoms with E-state index in [-0.39, 0.29) is 10.7 Å². The number of benzene rings is 2. The van der Waals surface area contributed by atoms with Crippen molar-refractivity contribution in [3.8, 4) is 0 Å². The van der Waals surface area contributed by atoms with Crippen LogP contribution in [0.5, 0.6) is 0 Å². The topological polar surface area (TPSA) is 71.8 Å². The summed E-state index contributed by atoms with van der Waals surface area (Å²) in [6.07, 6.45) is -4.55. The zero-order valence-electron chi connectivity index (χ0n) is 15.4. The average Bonchev–Trinajstić information content (AvgIpc) is 3.08. The number of fused-ring (bicyclic) bond motifs is 1. The summed E-state index contributed by atoms with van der Waals surface area (Å²) in [5.41, 5.74) is 3.06. The molecule has 1 amide bonds. The van der Waals surface area contributed by atoms with Crippen LogP contribution in [0.25, 0.3) is 0 Å². The largest absolute Gasteiger partial charge is 0.416 e. The van der Waals surface area contributed by atoms with Crippen molar-refractivity contribution < 1.29 is 18.0 Å². The minimum absolute atomic E-state index is 0.0143. The van der Waals surface area contributed by atoms with Gasteiger partial charge < -0.3 is 10.7 Å². The molecule has 3 aromatic rings. The molecule has 0 unspecified atom stereocenters. The fourth-order valence-electron chi connectivity index (χ4n) is 3.07. The summed E-state index contributed by atoms with van der Waals surface area (Å²) in [5, 5.41) is 10.4. The number of carbonyl (C=O) groups is 1. The number of aryl methyl sites for hydroxylation is 1. The number of nitrogens with zero attached hydrogens (tertiary/aromatic N) is 3. The summed E-state index contributed by atoms with van der Waals surface area (Å²) in [5.74, 6) is 0.118. The van der Waals surface area contributed by atoms with Gasteiger partial charge in [0.05, 0.1) is 22.3 Å². The Morgan fingerprint density at radius 2 is 1.93 bits per heavy atom. The van der Waals surface area contributed by atoms with Crippen molar-refractivity contribution in [3.05, 3.63) is 70.5 Å². The van der Waals surface area contributed by atoms with Gasteiger partial charge in [0.1, 0.15) is 11.1 Å². The summed E-state index contributed by atoms with van der Waals surface area (Å²) >= 11 is 7.21. The predicted octanol–water partition coefficient (Wildman–Crippen LogP) is 4.66. The molecule has 1 aliphatic rings. The highest BCUT2D eigenvalue weighted by Crippen LogP contribution is 2.39. The summed E-state index contributed by atoms with van der Waals surface area (Å²) in [6, 6.07) is 11.6. The third-order valence-electron chi connectivity index (χ3n) is 4.57. The number of halogens is 4. The predicted molar refractivity (Wildman–Crippen MR) is 108 cm³/mol. The molecule has 1 aliphatic heterocycles. The molecule has 2 aromatic carbocycles. The van der Waals surface area contributed by atoms with Crippen molar-refractivity contribution in [3.63, 3.8) is 0 Å². The zero-order valence-corrected chi connectivity index (χ0v) is 17.0. The molecule has 0 spiro atoms. The first kappa shape index (κ1) is 20.5. The number of anilines is 1. The molecule has 2 N–H and O–H groups in total. The van der Waals surface area contributed by atoms with E-state index < -0.39 is 28.9 Å². The fraction of sp³-hybridized carbons (Fsp3) is 0.211. The van der Waals surface area contributed by atoms with Crippen LogP contribution in [-0.2, 0) is 11.0 Å². The first-order valence-corrected chi connectivity index (χ1v) is 10.1. The number of amides is 1. The SMILES string of the molecule is Cc1nnc2n1N[C@H](c1ccccc1)[C@@H](C(=O)Nc1cc(C(F)(F)F)ccc1Cl)S2. The van der Waals surface area contributed by atoms with Gasteiger partial charge in [0.2, 0.25) is 11.1 Å². The minimum atomic E-state index is -4.55. The van der Waals surface area contributed by atoms with E-state index >= 15 is 0 Å². The van der Waals surface area contributed by atoms with E-state index in [0.29, 0.717) is 11.0 Å². The first-order valence-electron chi connectivity index (χ1n) is 8.82. The van der Waals surface area contributed by atoms with Crippen LogP contribution in [0, 0.1) is 6.92 Å². The van der Waals surface area contributed by atoms with Gasteiger partial charge >= 0.3 is 6.18 Å². The van der Waals surface area contributed by atoms with Gasteiger partial charge in [0, 0.05) is 0 Å². The number of thioether (sulfide) groups is 1. The zero-order chi connectivity index (χ0) is 21.5. The van der Waals surface area contributed by atoms with E-state index in [0.717, 1.165) is 23.8 Å². The van der Waals surface area contributed by atoms with Crippen LogP contribution < -0.4 is 10.7 Å². The number of rotatable bonds is 3. The molecule has 156 valence electrons. The lowest BCUT2D eigenvalue weighted by atomic mass is 10.0. The van der Waals surface area contributed by atoms with Gasteiger partial charge in [-0.15, -0.1) is 10.2 Å². The lowest BCUT2D eigenvalue weighted by molar-refractivity contribution is -0.137. The standard InChI is InChI=1S/C19H15ClF3N5OS/c1-10-25-26-18-28(10)27-15(11-5-3-2-4-6-11)16(30-18)17(29)24-14-9-12(19(21,22)23)7-8-13(14)20/h2-9,15-16,27H,1H3,(H,24,29)/t15-,16+/m1/s1. The van der Waals surface area contributed by atoms with Gasteiger partial charge in [-0.3, -0.25) is 4.79 Å². The molecule has 0 saturated carbocycles. The molecular weight excluding hydrogens is 439 g/mol. The fourth-order valence-corrected chi connectivity index (χ4v) is 4.36. The molecule has 0 saturated heterocycles. The Balaban J connectivity index is 1.66. The van der Waals surface area contributed by atoms with Crippen molar-refractivity contribution in [2.75, 3.05) is 10.7 Å². The Labute approximate surface area is 178 Å². The van der Waals surface area contributed by atoms with Crippen LogP contribution in [0.15, 0.2) is 53.7 Å². The normalized spacial score (nSPS) is 18.4. The molecule has 1 aromatic heterocycles. The number of aromatic nitrogens is 3. The van der Waals surface area contributed by atoms with Gasteiger partial charge in [0.25, 0.3) is 0 Å². The molecule has 6 nitrogen and oxygen atoms in total. The maximum atomic E-state index is 13.1. The summed E-state index contributed by atoms with van der Waals surface area (Å²) < 4.78 is 40.8. The van der Waals surface area contributed by atoms with E-state index in [4.69, 9.17) is 11.6 Å². The van der Waals surface area contributed by atoms with E-state index in [9.17, 15) is 18.0 Å². The third kappa shape index (κ3) is 3.97. The quantitative estimate of drug-likeness (QED) is 0.603. The lowest BCUT2D eigenvalue weighted by Gasteiger charge is -2.32. The Bertz CT molecular complexity index is 1090. The van der Waals surface area contributed by atoms with Crippen LogP contribution >= 0.6 is 23.4 Å². The molecule has 0 radical (unpaired) electrons. The number of hydrogen-bond acceptors (Lipinski definition) is 5.